The second-order valence-corrected chi connectivity index (χ2v) is 5.62. The van der Waals surface area contributed by atoms with Crippen molar-refractivity contribution in [2.75, 3.05) is 0 Å². The SMILES string of the molecule is O=Cc1c(-c2ccc(O)cc2)n(-c2ccccc2)c2ccccc12. The standard InChI is InChI=1S/C21H15NO2/c23-14-19-18-8-4-5-9-20(18)22(16-6-2-1-3-7-16)21(19)15-10-12-17(24)13-11-15/h1-14,24H. The minimum atomic E-state index is 0.203. The third-order valence-electron chi connectivity index (χ3n) is 4.19. The van der Waals surface area contributed by atoms with Crippen LogP contribution in [0.3, 0.4) is 0 Å². The average molecular weight is 313 g/mol. The third kappa shape index (κ3) is 2.18. The molecule has 0 spiro atoms. The molecule has 0 unspecified atom stereocenters. The lowest BCUT2D eigenvalue weighted by Gasteiger charge is -2.12. The number of nitrogens with zero attached hydrogens (tertiary/aromatic N) is 1. The minimum absolute atomic E-state index is 0.203. The van der Waals surface area contributed by atoms with E-state index < -0.39 is 0 Å². The predicted octanol–water partition coefficient (Wildman–Crippen LogP) is 4.82. The first-order valence-electron chi connectivity index (χ1n) is 7.73. The lowest BCUT2D eigenvalue weighted by Crippen LogP contribution is -1.97. The Morgan fingerprint density at radius 3 is 2.17 bits per heavy atom. The number of para-hydroxylation sites is 2. The highest BCUT2D eigenvalue weighted by Crippen LogP contribution is 2.35. The summed E-state index contributed by atoms with van der Waals surface area (Å²) in [7, 11) is 0. The summed E-state index contributed by atoms with van der Waals surface area (Å²) in [5, 5.41) is 10.5. The van der Waals surface area contributed by atoms with Gasteiger partial charge in [0.25, 0.3) is 0 Å². The number of carbonyl (C=O) groups excluding carboxylic acids is 1. The fourth-order valence-corrected chi connectivity index (χ4v) is 3.13. The molecule has 0 amide bonds. The van der Waals surface area contributed by atoms with Gasteiger partial charge in [-0.15, -0.1) is 0 Å². The maximum atomic E-state index is 11.9. The molecular formula is C21H15NO2. The molecule has 1 heterocycles. The lowest BCUT2D eigenvalue weighted by atomic mass is 10.1. The van der Waals surface area contributed by atoms with Crippen molar-refractivity contribution in [2.45, 2.75) is 0 Å². The van der Waals surface area contributed by atoms with Crippen molar-refractivity contribution in [3.8, 4) is 22.7 Å². The van der Waals surface area contributed by atoms with Crippen molar-refractivity contribution < 1.29 is 9.90 Å². The van der Waals surface area contributed by atoms with Crippen LogP contribution in [0.2, 0.25) is 0 Å². The summed E-state index contributed by atoms with van der Waals surface area (Å²) >= 11 is 0. The van der Waals surface area contributed by atoms with E-state index in [0.717, 1.165) is 34.1 Å². The van der Waals surface area contributed by atoms with Crippen LogP contribution in [0.15, 0.2) is 78.9 Å². The Bertz CT molecular complexity index is 1020. The molecule has 1 N–H and O–H groups in total. The van der Waals surface area contributed by atoms with Crippen molar-refractivity contribution in [3.05, 3.63) is 84.4 Å². The highest BCUT2D eigenvalue weighted by atomic mass is 16.3. The normalized spacial score (nSPS) is 10.8. The maximum Gasteiger partial charge on any atom is 0.152 e. The van der Waals surface area contributed by atoms with Gasteiger partial charge in [0.05, 0.1) is 11.2 Å². The van der Waals surface area contributed by atoms with Crippen LogP contribution in [0.5, 0.6) is 5.75 Å². The van der Waals surface area contributed by atoms with Gasteiger partial charge in [0.15, 0.2) is 6.29 Å². The van der Waals surface area contributed by atoms with Crippen LogP contribution in [-0.4, -0.2) is 16.0 Å². The van der Waals surface area contributed by atoms with Gasteiger partial charge in [-0.2, -0.15) is 0 Å². The number of hydrogen-bond acceptors (Lipinski definition) is 2. The summed E-state index contributed by atoms with van der Waals surface area (Å²) in [6.07, 6.45) is 0.907. The second-order valence-electron chi connectivity index (χ2n) is 5.62. The summed E-state index contributed by atoms with van der Waals surface area (Å²) in [5.41, 5.74) is 4.34. The molecule has 3 aromatic carbocycles. The quantitative estimate of drug-likeness (QED) is 0.551. The van der Waals surface area contributed by atoms with Crippen molar-refractivity contribution >= 4 is 17.2 Å². The van der Waals surface area contributed by atoms with Gasteiger partial charge < -0.3 is 9.67 Å². The number of aromatic hydroxyl groups is 1. The topological polar surface area (TPSA) is 42.2 Å². The fourth-order valence-electron chi connectivity index (χ4n) is 3.13. The molecule has 0 bridgehead atoms. The summed E-state index contributed by atoms with van der Waals surface area (Å²) in [4.78, 5) is 11.9. The largest absolute Gasteiger partial charge is 0.508 e. The number of fused-ring (bicyclic) bond motifs is 1. The molecule has 0 atom stereocenters. The zero-order chi connectivity index (χ0) is 16.5. The maximum absolute atomic E-state index is 11.9. The summed E-state index contributed by atoms with van der Waals surface area (Å²) in [6.45, 7) is 0. The number of carbonyl (C=O) groups is 1. The molecule has 4 aromatic rings. The number of phenolic OH excluding ortho intramolecular Hbond substituents is 1. The van der Waals surface area contributed by atoms with Crippen LogP contribution >= 0.6 is 0 Å². The van der Waals surface area contributed by atoms with Gasteiger partial charge in [0.2, 0.25) is 0 Å². The van der Waals surface area contributed by atoms with Gasteiger partial charge in [0, 0.05) is 16.6 Å². The zero-order valence-electron chi connectivity index (χ0n) is 12.9. The van der Waals surface area contributed by atoms with Crippen molar-refractivity contribution in [2.24, 2.45) is 0 Å². The van der Waals surface area contributed by atoms with Gasteiger partial charge in [0.1, 0.15) is 5.75 Å². The van der Waals surface area contributed by atoms with Crippen LogP contribution in [-0.2, 0) is 0 Å². The van der Waals surface area contributed by atoms with E-state index in [0.29, 0.717) is 5.56 Å². The molecule has 0 saturated carbocycles. The molecule has 3 heteroatoms. The average Bonchev–Trinajstić information content (AvgIpc) is 2.97. The summed E-state index contributed by atoms with van der Waals surface area (Å²) in [6, 6.07) is 24.8. The van der Waals surface area contributed by atoms with Gasteiger partial charge >= 0.3 is 0 Å². The first-order chi connectivity index (χ1) is 11.8. The van der Waals surface area contributed by atoms with Crippen LogP contribution in [0.4, 0.5) is 0 Å². The summed E-state index contributed by atoms with van der Waals surface area (Å²) < 4.78 is 2.09. The Labute approximate surface area is 139 Å². The van der Waals surface area contributed by atoms with Gasteiger partial charge in [-0.25, -0.2) is 0 Å². The molecule has 1 aromatic heterocycles. The third-order valence-corrected chi connectivity index (χ3v) is 4.19. The fraction of sp³-hybridized carbons (Fsp3) is 0. The molecule has 0 fully saturated rings. The van der Waals surface area contributed by atoms with E-state index in [2.05, 4.69) is 4.57 Å². The number of aromatic nitrogens is 1. The van der Waals surface area contributed by atoms with E-state index in [1.54, 1.807) is 12.1 Å². The molecule has 0 aliphatic carbocycles. The van der Waals surface area contributed by atoms with Crippen molar-refractivity contribution in [3.63, 3.8) is 0 Å². The Hall–Kier alpha value is -3.33. The minimum Gasteiger partial charge on any atom is -0.508 e. The van der Waals surface area contributed by atoms with E-state index in [1.165, 1.54) is 0 Å². The Balaban J connectivity index is 2.14. The van der Waals surface area contributed by atoms with E-state index >= 15 is 0 Å². The van der Waals surface area contributed by atoms with E-state index in [4.69, 9.17) is 0 Å². The molecule has 116 valence electrons. The number of benzene rings is 3. The monoisotopic (exact) mass is 313 g/mol. The molecule has 0 saturated heterocycles. The van der Waals surface area contributed by atoms with Crippen LogP contribution in [0, 0.1) is 0 Å². The van der Waals surface area contributed by atoms with E-state index in [-0.39, 0.29) is 5.75 Å². The number of aldehydes is 1. The molecule has 3 nitrogen and oxygen atoms in total. The van der Waals surface area contributed by atoms with E-state index in [9.17, 15) is 9.90 Å². The highest BCUT2D eigenvalue weighted by molar-refractivity contribution is 6.06. The van der Waals surface area contributed by atoms with Crippen LogP contribution in [0.25, 0.3) is 27.8 Å². The van der Waals surface area contributed by atoms with Gasteiger partial charge in [-0.1, -0.05) is 36.4 Å². The Morgan fingerprint density at radius 1 is 0.792 bits per heavy atom. The lowest BCUT2D eigenvalue weighted by molar-refractivity contribution is 0.112. The number of hydrogen-bond donors (Lipinski definition) is 1. The molecule has 0 aliphatic rings. The van der Waals surface area contributed by atoms with E-state index in [1.807, 2.05) is 66.7 Å². The molecule has 0 radical (unpaired) electrons. The highest BCUT2D eigenvalue weighted by Gasteiger charge is 2.19. The zero-order valence-corrected chi connectivity index (χ0v) is 12.9. The first-order valence-corrected chi connectivity index (χ1v) is 7.73. The molecule has 0 aliphatic heterocycles. The Morgan fingerprint density at radius 2 is 1.46 bits per heavy atom. The second kappa shape index (κ2) is 5.70. The molecular weight excluding hydrogens is 298 g/mol. The number of rotatable bonds is 3. The number of phenols is 1. The van der Waals surface area contributed by atoms with Gasteiger partial charge in [-0.3, -0.25) is 4.79 Å². The Kier molecular flexibility index (Phi) is 3.39. The van der Waals surface area contributed by atoms with Gasteiger partial charge in [-0.05, 0) is 48.0 Å². The molecule has 4 rings (SSSR count). The predicted molar refractivity (Wildman–Crippen MR) is 95.8 cm³/mol. The molecule has 24 heavy (non-hydrogen) atoms. The van der Waals surface area contributed by atoms with Crippen LogP contribution < -0.4 is 0 Å². The first kappa shape index (κ1) is 14.3. The van der Waals surface area contributed by atoms with Crippen molar-refractivity contribution in [1.29, 1.82) is 0 Å². The van der Waals surface area contributed by atoms with Crippen LogP contribution in [0.1, 0.15) is 10.4 Å². The smallest absolute Gasteiger partial charge is 0.152 e. The van der Waals surface area contributed by atoms with Crippen molar-refractivity contribution in [1.82, 2.24) is 4.57 Å². The summed E-state index contributed by atoms with van der Waals surface area (Å²) in [5.74, 6) is 0.203.